The van der Waals surface area contributed by atoms with Crippen molar-refractivity contribution in [1.29, 1.82) is 0 Å². The number of aryl methyl sites for hydroxylation is 1. The van der Waals surface area contributed by atoms with Crippen LogP contribution in [0.4, 0.5) is 0 Å². The number of fused-ring (bicyclic) bond motifs is 1. The monoisotopic (exact) mass is 453 g/mol. The molecule has 5 rings (SSSR count). The molecule has 1 fully saturated rings. The van der Waals surface area contributed by atoms with E-state index in [2.05, 4.69) is 35.6 Å². The van der Waals surface area contributed by atoms with Gasteiger partial charge in [0.15, 0.2) is 5.65 Å². The molecule has 0 bridgehead atoms. The molecule has 1 unspecified atom stereocenters. The number of nitrogens with zero attached hydrogens (tertiary/aromatic N) is 5. The highest BCUT2D eigenvalue weighted by molar-refractivity contribution is 5.90. The fraction of sp³-hybridized carbons (Fsp3) is 0.259. The zero-order valence-corrected chi connectivity index (χ0v) is 19.2. The largest absolute Gasteiger partial charge is 0.457 e. The van der Waals surface area contributed by atoms with Crippen molar-refractivity contribution in [1.82, 2.24) is 24.6 Å². The first-order chi connectivity index (χ1) is 16.7. The smallest absolute Gasteiger partial charge is 0.246 e. The van der Waals surface area contributed by atoms with E-state index in [9.17, 15) is 4.79 Å². The Morgan fingerprint density at radius 3 is 2.85 bits per heavy atom. The van der Waals surface area contributed by atoms with Crippen LogP contribution < -0.4 is 4.74 Å². The van der Waals surface area contributed by atoms with Gasteiger partial charge in [0.2, 0.25) is 5.91 Å². The number of likely N-dealkylation sites (tertiary alicyclic amines) is 1. The second kappa shape index (κ2) is 9.47. The topological polar surface area (TPSA) is 73.1 Å². The van der Waals surface area contributed by atoms with Crippen molar-refractivity contribution in [2.24, 2.45) is 0 Å². The lowest BCUT2D eigenvalue weighted by atomic mass is 10.1. The maximum absolute atomic E-state index is 12.2. The summed E-state index contributed by atoms with van der Waals surface area (Å²) in [6, 6.07) is 16.1. The van der Waals surface area contributed by atoms with Crippen molar-refractivity contribution in [2.75, 3.05) is 6.54 Å². The van der Waals surface area contributed by atoms with Gasteiger partial charge in [-0.25, -0.2) is 14.6 Å². The third-order valence-electron chi connectivity index (χ3n) is 6.30. The first kappa shape index (κ1) is 21.8. The van der Waals surface area contributed by atoms with Crippen molar-refractivity contribution in [2.45, 2.75) is 38.8 Å². The molecule has 1 aliphatic rings. The summed E-state index contributed by atoms with van der Waals surface area (Å²) < 4.78 is 7.94. The molecule has 0 saturated carbocycles. The maximum atomic E-state index is 12.2. The van der Waals surface area contributed by atoms with Crippen molar-refractivity contribution in [3.8, 4) is 22.8 Å². The summed E-state index contributed by atoms with van der Waals surface area (Å²) in [4.78, 5) is 22.8. The number of amides is 1. The van der Waals surface area contributed by atoms with Crippen LogP contribution in [0.1, 0.15) is 25.3 Å². The Labute approximate surface area is 198 Å². The lowest BCUT2D eigenvalue weighted by Gasteiger charge is -2.23. The SMILES string of the molecule is C=CC(=O)N1CCCC1Cn1nc(-c2ccc(Oc3cccc(CC)c3)cc2)c2cncnc21. The molecule has 4 aromatic rings. The average Bonchev–Trinajstić information content (AvgIpc) is 3.49. The minimum Gasteiger partial charge on any atom is -0.457 e. The number of aromatic nitrogens is 4. The quantitative estimate of drug-likeness (QED) is 0.367. The fourth-order valence-corrected chi connectivity index (χ4v) is 4.54. The zero-order chi connectivity index (χ0) is 23.5. The van der Waals surface area contributed by atoms with Crippen molar-refractivity contribution in [3.63, 3.8) is 0 Å². The second-order valence-electron chi connectivity index (χ2n) is 8.45. The summed E-state index contributed by atoms with van der Waals surface area (Å²) in [5.41, 5.74) is 3.77. The van der Waals surface area contributed by atoms with Gasteiger partial charge < -0.3 is 9.64 Å². The van der Waals surface area contributed by atoms with Crippen LogP contribution in [-0.4, -0.2) is 43.1 Å². The van der Waals surface area contributed by atoms with Crippen LogP contribution in [-0.2, 0) is 17.8 Å². The highest BCUT2D eigenvalue weighted by Gasteiger charge is 2.29. The number of hydrogen-bond acceptors (Lipinski definition) is 5. The number of carbonyl (C=O) groups is 1. The van der Waals surface area contributed by atoms with Crippen molar-refractivity contribution < 1.29 is 9.53 Å². The van der Waals surface area contributed by atoms with Crippen LogP contribution in [0.15, 0.2) is 73.7 Å². The standard InChI is InChI=1S/C27H27N5O2/c1-3-19-7-5-9-23(15-19)34-22-12-10-20(11-13-22)26-24-16-28-18-29-27(24)32(30-26)17-21-8-6-14-31(21)25(33)4-2/h4-5,7,9-13,15-16,18,21H,2-3,6,8,14,17H2,1H3. The summed E-state index contributed by atoms with van der Waals surface area (Å²) in [7, 11) is 0. The van der Waals surface area contributed by atoms with Gasteiger partial charge in [-0.3, -0.25) is 4.79 Å². The highest BCUT2D eigenvalue weighted by Crippen LogP contribution is 2.30. The summed E-state index contributed by atoms with van der Waals surface area (Å²) in [6.07, 6.45) is 7.60. The molecule has 1 atom stereocenters. The lowest BCUT2D eigenvalue weighted by molar-refractivity contribution is -0.127. The third-order valence-corrected chi connectivity index (χ3v) is 6.30. The van der Waals surface area contributed by atoms with E-state index in [0.29, 0.717) is 6.54 Å². The van der Waals surface area contributed by atoms with Gasteiger partial charge in [0.05, 0.1) is 18.0 Å². The maximum Gasteiger partial charge on any atom is 0.246 e. The predicted octanol–water partition coefficient (Wildman–Crippen LogP) is 5.03. The molecule has 0 spiro atoms. The Bertz CT molecular complexity index is 1330. The van der Waals surface area contributed by atoms with Gasteiger partial charge in [0, 0.05) is 18.3 Å². The van der Waals surface area contributed by atoms with Crippen LogP contribution in [0.5, 0.6) is 11.5 Å². The Kier molecular flexibility index (Phi) is 6.08. The molecular formula is C27H27N5O2. The van der Waals surface area contributed by atoms with Gasteiger partial charge >= 0.3 is 0 Å². The molecule has 0 N–H and O–H groups in total. The number of ether oxygens (including phenoxy) is 1. The molecule has 172 valence electrons. The van der Waals surface area contributed by atoms with Crippen LogP contribution >= 0.6 is 0 Å². The molecule has 1 aliphatic heterocycles. The van der Waals surface area contributed by atoms with Crippen LogP contribution in [0.3, 0.4) is 0 Å². The molecular weight excluding hydrogens is 426 g/mol. The Morgan fingerprint density at radius 1 is 1.21 bits per heavy atom. The van der Waals surface area contributed by atoms with Crippen LogP contribution in [0, 0.1) is 0 Å². The average molecular weight is 454 g/mol. The van der Waals surface area contributed by atoms with E-state index in [-0.39, 0.29) is 11.9 Å². The summed E-state index contributed by atoms with van der Waals surface area (Å²) in [5, 5.41) is 5.77. The molecule has 7 heteroatoms. The third kappa shape index (κ3) is 4.29. The molecule has 0 radical (unpaired) electrons. The summed E-state index contributed by atoms with van der Waals surface area (Å²) in [6.45, 7) is 7.10. The molecule has 2 aromatic heterocycles. The highest BCUT2D eigenvalue weighted by atomic mass is 16.5. The Hall–Kier alpha value is -4.00. The van der Waals surface area contributed by atoms with Gasteiger partial charge in [-0.2, -0.15) is 5.10 Å². The Balaban J connectivity index is 1.42. The van der Waals surface area contributed by atoms with E-state index in [0.717, 1.165) is 59.6 Å². The molecule has 1 amide bonds. The molecule has 7 nitrogen and oxygen atoms in total. The van der Waals surface area contributed by atoms with Crippen LogP contribution in [0.2, 0.25) is 0 Å². The molecule has 34 heavy (non-hydrogen) atoms. The number of hydrogen-bond donors (Lipinski definition) is 0. The summed E-state index contributed by atoms with van der Waals surface area (Å²) in [5.74, 6) is 1.56. The van der Waals surface area contributed by atoms with Crippen molar-refractivity contribution >= 4 is 16.9 Å². The predicted molar refractivity (Wildman–Crippen MR) is 132 cm³/mol. The number of carbonyl (C=O) groups excluding carboxylic acids is 1. The first-order valence-electron chi connectivity index (χ1n) is 11.6. The van der Waals surface area contributed by atoms with E-state index in [4.69, 9.17) is 9.84 Å². The van der Waals surface area contributed by atoms with Gasteiger partial charge in [-0.15, -0.1) is 0 Å². The minimum atomic E-state index is -0.0335. The van der Waals surface area contributed by atoms with Crippen LogP contribution in [0.25, 0.3) is 22.3 Å². The van der Waals surface area contributed by atoms with E-state index in [1.807, 2.05) is 46.0 Å². The minimum absolute atomic E-state index is 0.0335. The van der Waals surface area contributed by atoms with Gasteiger partial charge in [0.1, 0.15) is 23.5 Å². The van der Waals surface area contributed by atoms with E-state index >= 15 is 0 Å². The number of benzene rings is 2. The zero-order valence-electron chi connectivity index (χ0n) is 19.2. The van der Waals surface area contributed by atoms with E-state index in [1.165, 1.54) is 18.0 Å². The first-order valence-corrected chi connectivity index (χ1v) is 11.6. The fourth-order valence-electron chi connectivity index (χ4n) is 4.54. The number of rotatable bonds is 7. The second-order valence-corrected chi connectivity index (χ2v) is 8.45. The Morgan fingerprint density at radius 2 is 2.06 bits per heavy atom. The summed E-state index contributed by atoms with van der Waals surface area (Å²) >= 11 is 0. The lowest BCUT2D eigenvalue weighted by Crippen LogP contribution is -2.37. The van der Waals surface area contributed by atoms with Crippen molar-refractivity contribution in [3.05, 3.63) is 79.3 Å². The molecule has 0 aliphatic carbocycles. The van der Waals surface area contributed by atoms with E-state index < -0.39 is 0 Å². The molecule has 3 heterocycles. The van der Waals surface area contributed by atoms with Gasteiger partial charge in [0.25, 0.3) is 0 Å². The normalized spacial score (nSPS) is 15.6. The van der Waals surface area contributed by atoms with Gasteiger partial charge in [-0.1, -0.05) is 25.6 Å². The molecule has 1 saturated heterocycles. The molecule has 2 aromatic carbocycles. The van der Waals surface area contributed by atoms with E-state index in [1.54, 1.807) is 6.20 Å². The van der Waals surface area contributed by atoms with Gasteiger partial charge in [-0.05, 0) is 67.3 Å².